The summed E-state index contributed by atoms with van der Waals surface area (Å²) < 4.78 is 18.0. The third kappa shape index (κ3) is 6.18. The van der Waals surface area contributed by atoms with E-state index in [2.05, 4.69) is 69.3 Å². The van der Waals surface area contributed by atoms with Crippen molar-refractivity contribution in [2.24, 2.45) is 5.92 Å². The van der Waals surface area contributed by atoms with Crippen LogP contribution >= 0.6 is 0 Å². The fraction of sp³-hybridized carbons (Fsp3) is 0.517. The van der Waals surface area contributed by atoms with Crippen LogP contribution in [0.25, 0.3) is 0 Å². The van der Waals surface area contributed by atoms with Crippen molar-refractivity contribution in [3.63, 3.8) is 0 Å². The van der Waals surface area contributed by atoms with Crippen LogP contribution in [-0.2, 0) is 18.7 Å². The van der Waals surface area contributed by atoms with Crippen LogP contribution in [0.2, 0.25) is 5.04 Å². The van der Waals surface area contributed by atoms with Crippen LogP contribution in [0.4, 0.5) is 4.79 Å². The molecule has 0 spiro atoms. The molecule has 3 rings (SSSR count). The number of carbonyl (C=O) groups is 2. The zero-order valence-corrected chi connectivity index (χ0v) is 23.7. The molecular formula is C29H41NO5Si. The van der Waals surface area contributed by atoms with Crippen molar-refractivity contribution in [2.45, 2.75) is 71.6 Å². The Morgan fingerprint density at radius 1 is 0.917 bits per heavy atom. The van der Waals surface area contributed by atoms with Gasteiger partial charge in [-0.25, -0.2) is 9.59 Å². The number of nitrogens with zero attached hydrogens (tertiary/aromatic N) is 1. The lowest BCUT2D eigenvalue weighted by molar-refractivity contribution is -0.148. The molecule has 0 unspecified atom stereocenters. The Morgan fingerprint density at radius 2 is 1.44 bits per heavy atom. The van der Waals surface area contributed by atoms with Gasteiger partial charge in [-0.1, -0.05) is 81.4 Å². The average molecular weight is 512 g/mol. The van der Waals surface area contributed by atoms with Crippen LogP contribution in [-0.4, -0.2) is 56.7 Å². The maximum atomic E-state index is 13.0. The van der Waals surface area contributed by atoms with E-state index in [4.69, 9.17) is 13.9 Å². The maximum absolute atomic E-state index is 13.0. The van der Waals surface area contributed by atoms with Crippen molar-refractivity contribution in [3.05, 3.63) is 60.7 Å². The molecule has 0 N–H and O–H groups in total. The first-order valence-corrected chi connectivity index (χ1v) is 14.7. The third-order valence-electron chi connectivity index (χ3n) is 6.53. The highest BCUT2D eigenvalue weighted by atomic mass is 28.4. The standard InChI is InChI=1S/C29H41NO5Si/c1-8-33-26(31)25-19-22(20-30(25)27(32)35-28(2,3)4)21-34-36(29(5,6)7,23-15-11-9-12-16-23)24-17-13-10-14-18-24/h9-18,22,25H,8,19-21H2,1-7H3/t22-,25+/m0/s1. The Kier molecular flexibility index (Phi) is 8.67. The number of amides is 1. The molecule has 196 valence electrons. The lowest BCUT2D eigenvalue weighted by Gasteiger charge is -2.43. The fourth-order valence-corrected chi connectivity index (χ4v) is 9.67. The summed E-state index contributed by atoms with van der Waals surface area (Å²) in [7, 11) is -2.72. The summed E-state index contributed by atoms with van der Waals surface area (Å²) in [6.45, 7) is 15.0. The fourth-order valence-electron chi connectivity index (χ4n) is 5.03. The number of rotatable bonds is 7. The predicted octanol–water partition coefficient (Wildman–Crippen LogP) is 4.75. The summed E-state index contributed by atoms with van der Waals surface area (Å²) in [6.07, 6.45) is -0.00971. The van der Waals surface area contributed by atoms with Gasteiger partial charge in [0.05, 0.1) is 6.61 Å². The zero-order valence-electron chi connectivity index (χ0n) is 22.7. The van der Waals surface area contributed by atoms with E-state index < -0.39 is 32.0 Å². The molecule has 2 atom stereocenters. The van der Waals surface area contributed by atoms with Crippen molar-refractivity contribution in [3.8, 4) is 0 Å². The highest BCUT2D eigenvalue weighted by Crippen LogP contribution is 2.38. The molecule has 0 radical (unpaired) electrons. The lowest BCUT2D eigenvalue weighted by Crippen LogP contribution is -2.67. The summed E-state index contributed by atoms with van der Waals surface area (Å²) in [4.78, 5) is 27.3. The molecule has 36 heavy (non-hydrogen) atoms. The van der Waals surface area contributed by atoms with E-state index in [0.717, 1.165) is 0 Å². The predicted molar refractivity (Wildman–Crippen MR) is 145 cm³/mol. The van der Waals surface area contributed by atoms with Gasteiger partial charge in [-0.3, -0.25) is 4.90 Å². The van der Waals surface area contributed by atoms with E-state index in [1.807, 2.05) is 32.9 Å². The largest absolute Gasteiger partial charge is 0.464 e. The molecule has 0 aliphatic carbocycles. The SMILES string of the molecule is CCOC(=O)[C@H]1C[C@H](CO[Si](c2ccccc2)(c2ccccc2)C(C)(C)C)CN1C(=O)OC(C)(C)C. The second kappa shape index (κ2) is 11.2. The molecule has 1 aliphatic rings. The van der Waals surface area contributed by atoms with Crippen LogP contribution in [0.15, 0.2) is 60.7 Å². The first-order chi connectivity index (χ1) is 16.9. The number of esters is 1. The van der Waals surface area contributed by atoms with Crippen molar-refractivity contribution < 1.29 is 23.5 Å². The zero-order chi connectivity index (χ0) is 26.6. The molecule has 7 heteroatoms. The Balaban J connectivity index is 1.92. The van der Waals surface area contributed by atoms with E-state index >= 15 is 0 Å². The highest BCUT2D eigenvalue weighted by molar-refractivity contribution is 6.99. The lowest BCUT2D eigenvalue weighted by atomic mass is 10.1. The van der Waals surface area contributed by atoms with E-state index in [9.17, 15) is 9.59 Å². The van der Waals surface area contributed by atoms with Crippen LogP contribution in [0, 0.1) is 5.92 Å². The van der Waals surface area contributed by atoms with Gasteiger partial charge in [-0.15, -0.1) is 0 Å². The average Bonchev–Trinajstić information content (AvgIpc) is 3.24. The van der Waals surface area contributed by atoms with Gasteiger partial charge in [-0.2, -0.15) is 0 Å². The topological polar surface area (TPSA) is 65.1 Å². The van der Waals surface area contributed by atoms with Crippen LogP contribution < -0.4 is 10.4 Å². The van der Waals surface area contributed by atoms with Gasteiger partial charge in [0.25, 0.3) is 8.32 Å². The summed E-state index contributed by atoms with van der Waals surface area (Å²) in [6, 6.07) is 20.3. The van der Waals surface area contributed by atoms with Gasteiger partial charge in [0.1, 0.15) is 11.6 Å². The molecule has 6 nitrogen and oxygen atoms in total. The molecule has 0 aromatic heterocycles. The van der Waals surface area contributed by atoms with Gasteiger partial charge in [0.2, 0.25) is 0 Å². The minimum atomic E-state index is -2.72. The number of carbonyl (C=O) groups excluding carboxylic acids is 2. The summed E-state index contributed by atoms with van der Waals surface area (Å²) in [5, 5.41) is 2.25. The number of ether oxygens (including phenoxy) is 2. The molecular weight excluding hydrogens is 470 g/mol. The number of hydrogen-bond acceptors (Lipinski definition) is 5. The molecule has 1 saturated heterocycles. The van der Waals surface area contributed by atoms with E-state index in [1.54, 1.807) is 6.92 Å². The van der Waals surface area contributed by atoms with E-state index in [-0.39, 0.29) is 17.6 Å². The van der Waals surface area contributed by atoms with Crippen molar-refractivity contribution in [2.75, 3.05) is 19.8 Å². The van der Waals surface area contributed by atoms with Gasteiger partial charge in [-0.05, 0) is 49.5 Å². The Morgan fingerprint density at radius 3 is 1.89 bits per heavy atom. The molecule has 1 fully saturated rings. The van der Waals surface area contributed by atoms with Gasteiger partial charge in [0.15, 0.2) is 0 Å². The van der Waals surface area contributed by atoms with Gasteiger partial charge >= 0.3 is 12.1 Å². The van der Waals surface area contributed by atoms with Gasteiger partial charge in [0, 0.05) is 19.1 Å². The molecule has 1 heterocycles. The quantitative estimate of drug-likeness (QED) is 0.396. The summed E-state index contributed by atoms with van der Waals surface area (Å²) >= 11 is 0. The maximum Gasteiger partial charge on any atom is 0.411 e. The minimum Gasteiger partial charge on any atom is -0.464 e. The van der Waals surface area contributed by atoms with Gasteiger partial charge < -0.3 is 13.9 Å². The summed E-state index contributed by atoms with van der Waals surface area (Å²) in [5.41, 5.74) is -0.653. The normalized spacial score (nSPS) is 18.7. The Bertz CT molecular complexity index is 974. The highest BCUT2D eigenvalue weighted by Gasteiger charge is 2.51. The molecule has 1 aliphatic heterocycles. The van der Waals surface area contributed by atoms with Crippen LogP contribution in [0.1, 0.15) is 54.9 Å². The van der Waals surface area contributed by atoms with Crippen molar-refractivity contribution >= 4 is 30.8 Å². The number of hydrogen-bond donors (Lipinski definition) is 0. The van der Waals surface area contributed by atoms with Crippen molar-refractivity contribution in [1.82, 2.24) is 4.90 Å². The Hall–Kier alpha value is -2.64. The van der Waals surface area contributed by atoms with Crippen LogP contribution in [0.3, 0.4) is 0 Å². The molecule has 2 aromatic rings. The summed E-state index contributed by atoms with van der Waals surface area (Å²) in [5.74, 6) is -0.412. The molecule has 0 bridgehead atoms. The molecule has 0 saturated carbocycles. The van der Waals surface area contributed by atoms with E-state index in [0.29, 0.717) is 19.6 Å². The van der Waals surface area contributed by atoms with E-state index in [1.165, 1.54) is 15.3 Å². The monoisotopic (exact) mass is 511 g/mol. The Labute approximate surface area is 217 Å². The number of likely N-dealkylation sites (tertiary alicyclic amines) is 1. The van der Waals surface area contributed by atoms with Crippen LogP contribution in [0.5, 0.6) is 0 Å². The molecule has 2 aromatic carbocycles. The second-order valence-electron chi connectivity index (χ2n) is 11.5. The molecule has 1 amide bonds. The number of benzene rings is 2. The smallest absolute Gasteiger partial charge is 0.411 e. The third-order valence-corrected chi connectivity index (χ3v) is 11.5. The van der Waals surface area contributed by atoms with Crippen molar-refractivity contribution in [1.29, 1.82) is 0 Å². The first kappa shape index (κ1) is 27.9. The first-order valence-electron chi connectivity index (χ1n) is 12.8. The minimum absolute atomic E-state index is 0.0198. The second-order valence-corrected chi connectivity index (χ2v) is 15.8.